The fourth-order valence-electron chi connectivity index (χ4n) is 4.09. The summed E-state index contributed by atoms with van der Waals surface area (Å²) < 4.78 is 5.49. The molecule has 6 nitrogen and oxygen atoms in total. The van der Waals surface area contributed by atoms with Gasteiger partial charge in [0.15, 0.2) is 11.3 Å². The molecule has 3 atom stereocenters. The van der Waals surface area contributed by atoms with E-state index in [-0.39, 0.29) is 18.2 Å². The van der Waals surface area contributed by atoms with Crippen molar-refractivity contribution in [3.8, 4) is 0 Å². The highest BCUT2D eigenvalue weighted by atomic mass is 16.5. The van der Waals surface area contributed by atoms with Crippen molar-refractivity contribution in [2.45, 2.75) is 50.2 Å². The highest BCUT2D eigenvalue weighted by Crippen LogP contribution is 2.36. The third-order valence-corrected chi connectivity index (χ3v) is 5.37. The first-order valence-corrected chi connectivity index (χ1v) is 8.12. The molecule has 3 fully saturated rings. The van der Waals surface area contributed by atoms with Crippen molar-refractivity contribution >= 4 is 17.5 Å². The molecule has 0 aromatic rings. The molecule has 2 heterocycles. The summed E-state index contributed by atoms with van der Waals surface area (Å²) in [7, 11) is 0. The summed E-state index contributed by atoms with van der Waals surface area (Å²) in [5, 5.41) is 2.91. The molecule has 22 heavy (non-hydrogen) atoms. The number of fused-ring (bicyclic) bond motifs is 1. The molecule has 121 valence electrons. The van der Waals surface area contributed by atoms with Crippen molar-refractivity contribution in [2.24, 2.45) is 17.6 Å². The van der Waals surface area contributed by atoms with Crippen LogP contribution in [0.15, 0.2) is 0 Å². The maximum atomic E-state index is 12.5. The highest BCUT2D eigenvalue weighted by Gasteiger charge is 2.61. The zero-order chi connectivity index (χ0) is 15.7. The van der Waals surface area contributed by atoms with E-state index in [0.29, 0.717) is 18.9 Å². The molecule has 1 amide bonds. The van der Waals surface area contributed by atoms with E-state index in [9.17, 15) is 14.4 Å². The number of hydrogen-bond donors (Lipinski definition) is 2. The van der Waals surface area contributed by atoms with E-state index >= 15 is 0 Å². The second-order valence-corrected chi connectivity index (χ2v) is 6.64. The molecule has 2 aliphatic heterocycles. The first-order valence-electron chi connectivity index (χ1n) is 8.12. The molecule has 2 saturated heterocycles. The molecule has 1 saturated carbocycles. The molecule has 0 aromatic carbocycles. The summed E-state index contributed by atoms with van der Waals surface area (Å²) in [6, 6.07) is 0. The Balaban J connectivity index is 1.69. The standard InChI is InChI=1S/C16H23N2O4/c17-15(21)16-13(20)9-22-14(16)11(7-8-18-16)12(19)6-5-10-3-1-2-4-10/h6,10-11,14,18H,1-5,7-9H2,(H2,17,21). The van der Waals surface area contributed by atoms with Crippen molar-refractivity contribution in [2.75, 3.05) is 13.2 Å². The Labute approximate surface area is 130 Å². The smallest absolute Gasteiger partial charge is 0.248 e. The van der Waals surface area contributed by atoms with Gasteiger partial charge in [0, 0.05) is 12.3 Å². The van der Waals surface area contributed by atoms with Crippen LogP contribution in [-0.2, 0) is 19.1 Å². The Morgan fingerprint density at radius 3 is 2.73 bits per heavy atom. The summed E-state index contributed by atoms with van der Waals surface area (Å²) >= 11 is 0. The van der Waals surface area contributed by atoms with Gasteiger partial charge in [-0.3, -0.25) is 19.7 Å². The van der Waals surface area contributed by atoms with Crippen LogP contribution < -0.4 is 11.1 Å². The molecule has 1 radical (unpaired) electrons. The van der Waals surface area contributed by atoms with Crippen LogP contribution in [0.25, 0.3) is 0 Å². The van der Waals surface area contributed by atoms with E-state index in [1.165, 1.54) is 25.7 Å². The van der Waals surface area contributed by atoms with E-state index in [0.717, 1.165) is 6.42 Å². The third kappa shape index (κ3) is 2.48. The zero-order valence-electron chi connectivity index (χ0n) is 12.7. The number of nitrogens with one attached hydrogen (secondary N) is 1. The van der Waals surface area contributed by atoms with E-state index < -0.39 is 23.5 Å². The Kier molecular flexibility index (Phi) is 4.32. The van der Waals surface area contributed by atoms with Gasteiger partial charge in [-0.15, -0.1) is 0 Å². The fraction of sp³-hybridized carbons (Fsp3) is 0.750. The van der Waals surface area contributed by atoms with Gasteiger partial charge < -0.3 is 10.5 Å². The summed E-state index contributed by atoms with van der Waals surface area (Å²) in [4.78, 5) is 36.5. The average Bonchev–Trinajstić information content (AvgIpc) is 3.13. The monoisotopic (exact) mass is 307 g/mol. The van der Waals surface area contributed by atoms with E-state index in [2.05, 4.69) is 5.32 Å². The summed E-state index contributed by atoms with van der Waals surface area (Å²) in [6.45, 7) is 0.259. The number of ketones is 2. The topological polar surface area (TPSA) is 98.5 Å². The predicted molar refractivity (Wildman–Crippen MR) is 78.7 cm³/mol. The molecule has 3 unspecified atom stereocenters. The van der Waals surface area contributed by atoms with Crippen molar-refractivity contribution in [3.63, 3.8) is 0 Å². The maximum Gasteiger partial charge on any atom is 0.248 e. The van der Waals surface area contributed by atoms with Crippen molar-refractivity contribution in [3.05, 3.63) is 6.42 Å². The molecule has 6 heteroatoms. The summed E-state index contributed by atoms with van der Waals surface area (Å²) in [5.74, 6) is -0.982. The van der Waals surface area contributed by atoms with Crippen LogP contribution in [0.5, 0.6) is 0 Å². The Morgan fingerprint density at radius 2 is 2.05 bits per heavy atom. The fourth-order valence-corrected chi connectivity index (χ4v) is 4.09. The van der Waals surface area contributed by atoms with Gasteiger partial charge in [0.2, 0.25) is 5.91 Å². The predicted octanol–water partition coefficient (Wildman–Crippen LogP) is 0.142. The number of Topliss-reactive ketones (excluding diaryl/α,β-unsaturated/α-hetero) is 2. The average molecular weight is 307 g/mol. The molecular weight excluding hydrogens is 284 g/mol. The van der Waals surface area contributed by atoms with Crippen molar-refractivity contribution in [1.82, 2.24) is 5.32 Å². The van der Waals surface area contributed by atoms with Gasteiger partial charge in [0.25, 0.3) is 0 Å². The lowest BCUT2D eigenvalue weighted by molar-refractivity contribution is -0.139. The van der Waals surface area contributed by atoms with Crippen molar-refractivity contribution < 1.29 is 19.1 Å². The van der Waals surface area contributed by atoms with Gasteiger partial charge in [-0.2, -0.15) is 0 Å². The van der Waals surface area contributed by atoms with Gasteiger partial charge in [-0.25, -0.2) is 0 Å². The number of carbonyl (C=O) groups excluding carboxylic acids is 3. The van der Waals surface area contributed by atoms with Crippen LogP contribution in [-0.4, -0.2) is 42.3 Å². The second kappa shape index (κ2) is 6.08. The number of amides is 1. The molecule has 0 spiro atoms. The SMILES string of the molecule is NC(=O)C12NCCC(C(=O)[CH]CC3CCCC3)C1OCC2=O. The normalized spacial score (nSPS) is 35.5. The molecular formula is C16H23N2O4. The van der Waals surface area contributed by atoms with Crippen LogP contribution in [0.1, 0.15) is 38.5 Å². The quantitative estimate of drug-likeness (QED) is 0.704. The molecule has 3 rings (SSSR count). The maximum absolute atomic E-state index is 12.5. The van der Waals surface area contributed by atoms with Gasteiger partial charge in [0.05, 0.1) is 0 Å². The lowest BCUT2D eigenvalue weighted by Gasteiger charge is -2.39. The molecule has 1 aliphatic carbocycles. The summed E-state index contributed by atoms with van der Waals surface area (Å²) in [6.07, 6.45) is 7.16. The van der Waals surface area contributed by atoms with Crippen molar-refractivity contribution in [1.29, 1.82) is 0 Å². The molecule has 0 aromatic heterocycles. The first kappa shape index (κ1) is 15.6. The zero-order valence-corrected chi connectivity index (χ0v) is 12.7. The first-order chi connectivity index (χ1) is 10.6. The van der Waals surface area contributed by atoms with E-state index in [4.69, 9.17) is 10.5 Å². The van der Waals surface area contributed by atoms with Crippen LogP contribution in [0.3, 0.4) is 0 Å². The number of nitrogens with two attached hydrogens (primary N) is 1. The highest BCUT2D eigenvalue weighted by molar-refractivity contribution is 6.13. The second-order valence-electron chi connectivity index (χ2n) is 6.64. The molecule has 0 bridgehead atoms. The largest absolute Gasteiger partial charge is 0.368 e. The third-order valence-electron chi connectivity index (χ3n) is 5.37. The Hall–Kier alpha value is -1.27. The molecule has 3 N–H and O–H groups in total. The lowest BCUT2D eigenvalue weighted by Crippen LogP contribution is -2.70. The van der Waals surface area contributed by atoms with Gasteiger partial charge in [-0.1, -0.05) is 25.7 Å². The molecule has 3 aliphatic rings. The Morgan fingerprint density at radius 1 is 1.32 bits per heavy atom. The number of piperidine rings is 1. The van der Waals surface area contributed by atoms with E-state index in [1.54, 1.807) is 6.42 Å². The van der Waals surface area contributed by atoms with Gasteiger partial charge >= 0.3 is 0 Å². The van der Waals surface area contributed by atoms with Crippen LogP contribution in [0.2, 0.25) is 0 Å². The minimum absolute atomic E-state index is 0.0151. The van der Waals surface area contributed by atoms with Gasteiger partial charge in [-0.05, 0) is 25.3 Å². The van der Waals surface area contributed by atoms with Crippen LogP contribution >= 0.6 is 0 Å². The number of ether oxygens (including phenoxy) is 1. The minimum atomic E-state index is -1.51. The van der Waals surface area contributed by atoms with Crippen LogP contribution in [0, 0.1) is 18.3 Å². The van der Waals surface area contributed by atoms with Crippen LogP contribution in [0.4, 0.5) is 0 Å². The number of rotatable bonds is 5. The lowest BCUT2D eigenvalue weighted by atomic mass is 9.74. The number of carbonyl (C=O) groups is 3. The van der Waals surface area contributed by atoms with E-state index in [1.807, 2.05) is 0 Å². The summed E-state index contributed by atoms with van der Waals surface area (Å²) in [5.41, 5.74) is 3.93. The minimum Gasteiger partial charge on any atom is -0.368 e. The Bertz CT molecular complexity index is 487. The number of hydrogen-bond acceptors (Lipinski definition) is 5. The number of primary amides is 1. The van der Waals surface area contributed by atoms with Gasteiger partial charge in [0.1, 0.15) is 18.5 Å².